The fraction of sp³-hybridized carbons (Fsp3) is 0.192. The van der Waals surface area contributed by atoms with Gasteiger partial charge in [0.15, 0.2) is 11.5 Å². The predicted octanol–water partition coefficient (Wildman–Crippen LogP) is 3.71. The standard InChI is InChI=1S/C26H23N7O2/c1-17-25-21(19-8-5-9-20(14-19)35-13-12-18-6-3-2-4-7-18)15-24(34)28-26(25)33(30-17)23-11-10-22-29-27-16-32(22)31-23/h2-11,14,16,21H,12-13,15H2,1H3,(H,28,34). The Bertz CT molecular complexity index is 1520. The molecule has 1 atom stereocenters. The van der Waals surface area contributed by atoms with Crippen LogP contribution in [0.25, 0.3) is 11.5 Å². The molecule has 0 bridgehead atoms. The van der Waals surface area contributed by atoms with Crippen molar-refractivity contribution in [3.05, 3.63) is 95.4 Å². The van der Waals surface area contributed by atoms with Crippen molar-refractivity contribution < 1.29 is 9.53 Å². The summed E-state index contributed by atoms with van der Waals surface area (Å²) in [5.74, 6) is 1.80. The van der Waals surface area contributed by atoms with E-state index in [2.05, 4.69) is 32.7 Å². The highest BCUT2D eigenvalue weighted by Crippen LogP contribution is 2.40. The van der Waals surface area contributed by atoms with E-state index in [1.165, 1.54) is 11.9 Å². The Morgan fingerprint density at radius 3 is 2.83 bits per heavy atom. The lowest BCUT2D eigenvalue weighted by molar-refractivity contribution is -0.116. The van der Waals surface area contributed by atoms with Gasteiger partial charge in [0, 0.05) is 24.3 Å². The van der Waals surface area contributed by atoms with E-state index in [-0.39, 0.29) is 11.8 Å². The van der Waals surface area contributed by atoms with E-state index >= 15 is 0 Å². The lowest BCUT2D eigenvalue weighted by Gasteiger charge is -2.24. The van der Waals surface area contributed by atoms with E-state index in [1.807, 2.05) is 61.5 Å². The molecule has 5 aromatic rings. The van der Waals surface area contributed by atoms with Crippen LogP contribution in [0, 0.1) is 6.92 Å². The number of rotatable bonds is 6. The predicted molar refractivity (Wildman–Crippen MR) is 130 cm³/mol. The topological polar surface area (TPSA) is 99.2 Å². The number of nitrogens with one attached hydrogen (secondary N) is 1. The molecule has 1 aliphatic heterocycles. The van der Waals surface area contributed by atoms with Crippen LogP contribution >= 0.6 is 0 Å². The van der Waals surface area contributed by atoms with Gasteiger partial charge in [-0.25, -0.2) is 0 Å². The highest BCUT2D eigenvalue weighted by Gasteiger charge is 2.33. The van der Waals surface area contributed by atoms with Gasteiger partial charge in [-0.3, -0.25) is 4.79 Å². The second-order valence-electron chi connectivity index (χ2n) is 8.55. The van der Waals surface area contributed by atoms with E-state index in [4.69, 9.17) is 9.84 Å². The van der Waals surface area contributed by atoms with Gasteiger partial charge in [-0.05, 0) is 42.3 Å². The largest absolute Gasteiger partial charge is 0.493 e. The second kappa shape index (κ2) is 8.68. The minimum absolute atomic E-state index is 0.0653. The number of aromatic nitrogens is 6. The van der Waals surface area contributed by atoms with Gasteiger partial charge in [0.25, 0.3) is 0 Å². The third-order valence-corrected chi connectivity index (χ3v) is 6.23. The number of nitrogens with zero attached hydrogens (tertiary/aromatic N) is 6. The Morgan fingerprint density at radius 2 is 1.94 bits per heavy atom. The van der Waals surface area contributed by atoms with Gasteiger partial charge in [0.05, 0.1) is 12.3 Å². The van der Waals surface area contributed by atoms with E-state index in [0.717, 1.165) is 29.0 Å². The first-order valence-electron chi connectivity index (χ1n) is 11.5. The van der Waals surface area contributed by atoms with Gasteiger partial charge in [-0.1, -0.05) is 42.5 Å². The smallest absolute Gasteiger partial charge is 0.226 e. The molecular formula is C26H23N7O2. The quantitative estimate of drug-likeness (QED) is 0.410. The molecule has 6 rings (SSSR count). The van der Waals surface area contributed by atoms with Crippen LogP contribution in [0.4, 0.5) is 5.82 Å². The number of benzene rings is 2. The van der Waals surface area contributed by atoms with E-state index in [1.54, 1.807) is 9.20 Å². The molecule has 1 aliphatic rings. The number of carbonyl (C=O) groups excluding carboxylic acids is 1. The molecule has 4 heterocycles. The van der Waals surface area contributed by atoms with Crippen molar-refractivity contribution in [2.75, 3.05) is 11.9 Å². The Balaban J connectivity index is 1.30. The van der Waals surface area contributed by atoms with Gasteiger partial charge in [-0.15, -0.1) is 15.3 Å². The van der Waals surface area contributed by atoms with Crippen molar-refractivity contribution in [3.8, 4) is 11.6 Å². The summed E-state index contributed by atoms with van der Waals surface area (Å²) >= 11 is 0. The summed E-state index contributed by atoms with van der Waals surface area (Å²) < 4.78 is 9.30. The zero-order valence-electron chi connectivity index (χ0n) is 19.1. The maximum atomic E-state index is 12.8. The molecule has 0 saturated carbocycles. The number of hydrogen-bond acceptors (Lipinski definition) is 6. The summed E-state index contributed by atoms with van der Waals surface area (Å²) in [5.41, 5.74) is 4.71. The maximum Gasteiger partial charge on any atom is 0.226 e. The number of fused-ring (bicyclic) bond motifs is 2. The zero-order valence-corrected chi connectivity index (χ0v) is 19.1. The molecular weight excluding hydrogens is 442 g/mol. The Labute approximate surface area is 201 Å². The van der Waals surface area contributed by atoms with E-state index in [9.17, 15) is 4.79 Å². The van der Waals surface area contributed by atoms with Gasteiger partial charge in [0.1, 0.15) is 17.9 Å². The van der Waals surface area contributed by atoms with Crippen molar-refractivity contribution in [2.24, 2.45) is 0 Å². The van der Waals surface area contributed by atoms with E-state index in [0.29, 0.717) is 30.3 Å². The summed E-state index contributed by atoms with van der Waals surface area (Å²) in [6, 6.07) is 21.9. The Hall–Kier alpha value is -4.53. The molecule has 9 nitrogen and oxygen atoms in total. The SMILES string of the molecule is Cc1nn(-c2ccc3nncn3n2)c2c1C(c1cccc(OCCc3ccccc3)c1)CC(=O)N2. The number of hydrogen-bond donors (Lipinski definition) is 1. The van der Waals surface area contributed by atoms with Crippen LogP contribution in [0.3, 0.4) is 0 Å². The number of aryl methyl sites for hydroxylation is 1. The lowest BCUT2D eigenvalue weighted by Crippen LogP contribution is -2.25. The normalized spacial score (nSPS) is 15.1. The van der Waals surface area contributed by atoms with Crippen LogP contribution < -0.4 is 10.1 Å². The lowest BCUT2D eigenvalue weighted by atomic mass is 9.86. The van der Waals surface area contributed by atoms with Crippen molar-refractivity contribution in [3.63, 3.8) is 0 Å². The van der Waals surface area contributed by atoms with Crippen LogP contribution in [0.2, 0.25) is 0 Å². The number of anilines is 1. The van der Waals surface area contributed by atoms with Crippen molar-refractivity contribution in [2.45, 2.75) is 25.7 Å². The molecule has 0 aliphatic carbocycles. The van der Waals surface area contributed by atoms with Gasteiger partial charge >= 0.3 is 0 Å². The van der Waals surface area contributed by atoms with Crippen molar-refractivity contribution in [1.29, 1.82) is 0 Å². The molecule has 0 radical (unpaired) electrons. The minimum Gasteiger partial charge on any atom is -0.493 e. The highest BCUT2D eigenvalue weighted by atomic mass is 16.5. The second-order valence-corrected chi connectivity index (χ2v) is 8.55. The molecule has 35 heavy (non-hydrogen) atoms. The van der Waals surface area contributed by atoms with Crippen LogP contribution in [-0.4, -0.2) is 42.1 Å². The number of amides is 1. The van der Waals surface area contributed by atoms with Crippen LogP contribution in [-0.2, 0) is 11.2 Å². The summed E-state index contributed by atoms with van der Waals surface area (Å²) in [4.78, 5) is 12.8. The molecule has 1 N–H and O–H groups in total. The molecule has 9 heteroatoms. The van der Waals surface area contributed by atoms with Gasteiger partial charge < -0.3 is 10.1 Å². The molecule has 0 fully saturated rings. The van der Waals surface area contributed by atoms with Crippen LogP contribution in [0.15, 0.2) is 73.1 Å². The minimum atomic E-state index is -0.135. The fourth-order valence-electron chi connectivity index (χ4n) is 4.58. The molecule has 0 saturated heterocycles. The first-order chi connectivity index (χ1) is 17.2. The fourth-order valence-corrected chi connectivity index (χ4v) is 4.58. The Morgan fingerprint density at radius 1 is 1.06 bits per heavy atom. The third kappa shape index (κ3) is 4.01. The number of ether oxygens (including phenoxy) is 1. The first kappa shape index (κ1) is 21.0. The molecule has 1 unspecified atom stereocenters. The molecule has 0 spiro atoms. The molecule has 1 amide bonds. The summed E-state index contributed by atoms with van der Waals surface area (Å²) in [5, 5.41) is 20.1. The monoisotopic (exact) mass is 465 g/mol. The third-order valence-electron chi connectivity index (χ3n) is 6.23. The summed E-state index contributed by atoms with van der Waals surface area (Å²) in [6.45, 7) is 2.54. The van der Waals surface area contributed by atoms with E-state index < -0.39 is 0 Å². The van der Waals surface area contributed by atoms with Crippen LogP contribution in [0.1, 0.15) is 34.7 Å². The van der Waals surface area contributed by atoms with Crippen LogP contribution in [0.5, 0.6) is 5.75 Å². The van der Waals surface area contributed by atoms with Crippen molar-refractivity contribution in [1.82, 2.24) is 29.6 Å². The Kier molecular flexibility index (Phi) is 5.21. The summed E-state index contributed by atoms with van der Waals surface area (Å²) in [7, 11) is 0. The molecule has 174 valence electrons. The number of carbonyl (C=O) groups is 1. The summed E-state index contributed by atoms with van der Waals surface area (Å²) in [6.07, 6.45) is 2.70. The maximum absolute atomic E-state index is 12.8. The zero-order chi connectivity index (χ0) is 23.8. The molecule has 3 aromatic heterocycles. The van der Waals surface area contributed by atoms with Crippen molar-refractivity contribution >= 4 is 17.4 Å². The average Bonchev–Trinajstić information content (AvgIpc) is 3.48. The first-order valence-corrected chi connectivity index (χ1v) is 11.5. The highest BCUT2D eigenvalue weighted by molar-refractivity contribution is 5.95. The molecule has 2 aromatic carbocycles. The van der Waals surface area contributed by atoms with Gasteiger partial charge in [-0.2, -0.15) is 14.3 Å². The average molecular weight is 466 g/mol. The van der Waals surface area contributed by atoms with Gasteiger partial charge in [0.2, 0.25) is 5.91 Å².